The molecule has 0 bridgehead atoms. The molecule has 0 aromatic heterocycles. The molecule has 78 valence electrons. The Kier molecular flexibility index (Phi) is 3.01. The summed E-state index contributed by atoms with van der Waals surface area (Å²) in [7, 11) is 0. The predicted octanol–water partition coefficient (Wildman–Crippen LogP) is 3.03. The molecule has 0 aromatic rings. The van der Waals surface area contributed by atoms with Gasteiger partial charge in [0.1, 0.15) is 5.67 Å². The first-order chi connectivity index (χ1) is 5.87. The number of halogens is 1. The summed E-state index contributed by atoms with van der Waals surface area (Å²) in [6.45, 7) is 5.47. The van der Waals surface area contributed by atoms with Crippen LogP contribution in [0.1, 0.15) is 52.9 Å². The molecule has 0 radical (unpaired) electrons. The standard InChI is InChI=1S/C11H22FN/c1-4-5-9(10(2,3)12)8-11(13)6-7-11/h9H,4-8,13H2,1-3H3. The SMILES string of the molecule is CCCC(CC1(N)CC1)C(C)(C)F. The largest absolute Gasteiger partial charge is 0.325 e. The molecular formula is C11H22FN. The Bertz CT molecular complexity index is 167. The van der Waals surface area contributed by atoms with Crippen molar-refractivity contribution in [1.29, 1.82) is 0 Å². The highest BCUT2D eigenvalue weighted by atomic mass is 19.1. The lowest BCUT2D eigenvalue weighted by atomic mass is 9.83. The number of hydrogen-bond donors (Lipinski definition) is 1. The van der Waals surface area contributed by atoms with Gasteiger partial charge in [-0.1, -0.05) is 13.3 Å². The Labute approximate surface area is 80.9 Å². The molecule has 1 unspecified atom stereocenters. The Morgan fingerprint density at radius 1 is 1.46 bits per heavy atom. The summed E-state index contributed by atoms with van der Waals surface area (Å²) in [6, 6.07) is 0. The van der Waals surface area contributed by atoms with E-state index in [2.05, 4.69) is 6.92 Å². The third kappa shape index (κ3) is 3.26. The maximum Gasteiger partial charge on any atom is 0.108 e. The van der Waals surface area contributed by atoms with E-state index in [0.717, 1.165) is 32.1 Å². The highest BCUT2D eigenvalue weighted by Crippen LogP contribution is 2.43. The summed E-state index contributed by atoms with van der Waals surface area (Å²) in [6.07, 6.45) is 5.05. The molecule has 1 atom stereocenters. The van der Waals surface area contributed by atoms with Crippen LogP contribution in [0.25, 0.3) is 0 Å². The van der Waals surface area contributed by atoms with Crippen LogP contribution in [-0.2, 0) is 0 Å². The van der Waals surface area contributed by atoms with Crippen molar-refractivity contribution >= 4 is 0 Å². The zero-order chi connectivity index (χ0) is 10.1. The normalized spacial score (nSPS) is 22.8. The Morgan fingerprint density at radius 2 is 2.00 bits per heavy atom. The van der Waals surface area contributed by atoms with Gasteiger partial charge in [0, 0.05) is 5.54 Å². The van der Waals surface area contributed by atoms with Crippen molar-refractivity contribution in [1.82, 2.24) is 0 Å². The maximum atomic E-state index is 13.7. The van der Waals surface area contributed by atoms with E-state index in [0.29, 0.717) is 0 Å². The van der Waals surface area contributed by atoms with E-state index < -0.39 is 5.67 Å². The molecule has 1 fully saturated rings. The molecule has 1 nitrogen and oxygen atoms in total. The van der Waals surface area contributed by atoms with Crippen LogP contribution in [-0.4, -0.2) is 11.2 Å². The van der Waals surface area contributed by atoms with Gasteiger partial charge in [-0.3, -0.25) is 0 Å². The molecule has 1 saturated carbocycles. The van der Waals surface area contributed by atoms with Crippen molar-refractivity contribution in [3.05, 3.63) is 0 Å². The molecule has 0 spiro atoms. The maximum absolute atomic E-state index is 13.7. The van der Waals surface area contributed by atoms with E-state index in [4.69, 9.17) is 5.73 Å². The quantitative estimate of drug-likeness (QED) is 0.703. The van der Waals surface area contributed by atoms with Gasteiger partial charge in [0.2, 0.25) is 0 Å². The van der Waals surface area contributed by atoms with Crippen molar-refractivity contribution in [2.24, 2.45) is 11.7 Å². The minimum atomic E-state index is -1.06. The van der Waals surface area contributed by atoms with Gasteiger partial charge < -0.3 is 5.73 Å². The second-order valence-corrected chi connectivity index (χ2v) is 5.12. The van der Waals surface area contributed by atoms with Gasteiger partial charge in [0.05, 0.1) is 0 Å². The number of hydrogen-bond acceptors (Lipinski definition) is 1. The van der Waals surface area contributed by atoms with Crippen molar-refractivity contribution in [3.63, 3.8) is 0 Å². The van der Waals surface area contributed by atoms with E-state index in [1.54, 1.807) is 13.8 Å². The molecule has 13 heavy (non-hydrogen) atoms. The fourth-order valence-electron chi connectivity index (χ4n) is 1.89. The molecule has 1 aliphatic rings. The van der Waals surface area contributed by atoms with Crippen LogP contribution in [0.4, 0.5) is 4.39 Å². The average Bonchev–Trinajstić information content (AvgIpc) is 2.66. The third-order valence-corrected chi connectivity index (χ3v) is 3.15. The molecule has 2 N–H and O–H groups in total. The molecule has 1 rings (SSSR count). The molecule has 2 heteroatoms. The number of alkyl halides is 1. The highest BCUT2D eigenvalue weighted by molar-refractivity contribution is 5.01. The van der Waals surface area contributed by atoms with Gasteiger partial charge in [-0.25, -0.2) is 4.39 Å². The lowest BCUT2D eigenvalue weighted by Gasteiger charge is -2.29. The van der Waals surface area contributed by atoms with E-state index in [-0.39, 0.29) is 11.5 Å². The first-order valence-electron chi connectivity index (χ1n) is 5.35. The molecule has 0 saturated heterocycles. The second kappa shape index (κ2) is 3.56. The van der Waals surface area contributed by atoms with Crippen LogP contribution in [0.15, 0.2) is 0 Å². The Morgan fingerprint density at radius 3 is 2.31 bits per heavy atom. The van der Waals surface area contributed by atoms with Crippen molar-refractivity contribution in [2.45, 2.75) is 64.1 Å². The first kappa shape index (κ1) is 11.0. The summed E-state index contributed by atoms with van der Waals surface area (Å²) in [4.78, 5) is 0. The van der Waals surface area contributed by atoms with Crippen molar-refractivity contribution in [2.75, 3.05) is 0 Å². The molecule has 0 aromatic carbocycles. The van der Waals surface area contributed by atoms with Gasteiger partial charge in [-0.2, -0.15) is 0 Å². The summed E-state index contributed by atoms with van der Waals surface area (Å²) in [5.74, 6) is 0.144. The van der Waals surface area contributed by atoms with Gasteiger partial charge in [0.25, 0.3) is 0 Å². The van der Waals surface area contributed by atoms with Gasteiger partial charge in [-0.15, -0.1) is 0 Å². The van der Waals surface area contributed by atoms with Crippen LogP contribution in [0, 0.1) is 5.92 Å². The molecular weight excluding hydrogens is 165 g/mol. The molecule has 0 aliphatic heterocycles. The zero-order valence-electron chi connectivity index (χ0n) is 9.07. The topological polar surface area (TPSA) is 26.0 Å². The average molecular weight is 187 g/mol. The Balaban J connectivity index is 2.47. The van der Waals surface area contributed by atoms with Crippen molar-refractivity contribution in [3.8, 4) is 0 Å². The van der Waals surface area contributed by atoms with Gasteiger partial charge >= 0.3 is 0 Å². The summed E-state index contributed by atoms with van der Waals surface area (Å²) < 4.78 is 13.7. The monoisotopic (exact) mass is 187 g/mol. The highest BCUT2D eigenvalue weighted by Gasteiger charge is 2.43. The first-order valence-corrected chi connectivity index (χ1v) is 5.35. The van der Waals surface area contributed by atoms with Crippen LogP contribution >= 0.6 is 0 Å². The fraction of sp³-hybridized carbons (Fsp3) is 1.00. The number of nitrogens with two attached hydrogens (primary N) is 1. The van der Waals surface area contributed by atoms with Crippen molar-refractivity contribution < 1.29 is 4.39 Å². The lowest BCUT2D eigenvalue weighted by molar-refractivity contribution is 0.102. The van der Waals surface area contributed by atoms with E-state index in [1.165, 1.54) is 0 Å². The van der Waals surface area contributed by atoms with Crippen LogP contribution in [0.5, 0.6) is 0 Å². The van der Waals surface area contributed by atoms with E-state index in [9.17, 15) is 4.39 Å². The summed E-state index contributed by atoms with van der Waals surface area (Å²) in [5.41, 5.74) is 4.93. The molecule has 0 amide bonds. The predicted molar refractivity (Wildman–Crippen MR) is 54.4 cm³/mol. The molecule has 1 aliphatic carbocycles. The smallest absolute Gasteiger partial charge is 0.108 e. The minimum Gasteiger partial charge on any atom is -0.325 e. The van der Waals surface area contributed by atoms with Crippen LogP contribution in [0.2, 0.25) is 0 Å². The van der Waals surface area contributed by atoms with Crippen LogP contribution in [0.3, 0.4) is 0 Å². The fourth-order valence-corrected chi connectivity index (χ4v) is 1.89. The number of rotatable bonds is 5. The minimum absolute atomic E-state index is 0.0107. The van der Waals surface area contributed by atoms with E-state index in [1.807, 2.05) is 0 Å². The second-order valence-electron chi connectivity index (χ2n) is 5.12. The Hall–Kier alpha value is -0.110. The van der Waals surface area contributed by atoms with Crippen LogP contribution < -0.4 is 5.73 Å². The zero-order valence-corrected chi connectivity index (χ0v) is 9.07. The summed E-state index contributed by atoms with van der Waals surface area (Å²) in [5, 5.41) is 0. The van der Waals surface area contributed by atoms with E-state index >= 15 is 0 Å². The van der Waals surface area contributed by atoms with Gasteiger partial charge in [0.15, 0.2) is 0 Å². The molecule has 0 heterocycles. The van der Waals surface area contributed by atoms with Gasteiger partial charge in [-0.05, 0) is 45.4 Å². The lowest BCUT2D eigenvalue weighted by Crippen LogP contribution is -2.34. The summed E-state index contributed by atoms with van der Waals surface area (Å²) >= 11 is 0. The third-order valence-electron chi connectivity index (χ3n) is 3.15.